The average Bonchev–Trinajstić information content (AvgIpc) is 3.11. The van der Waals surface area contributed by atoms with Crippen molar-refractivity contribution in [2.45, 2.75) is 75.6 Å². The van der Waals surface area contributed by atoms with Gasteiger partial charge in [-0.15, -0.1) is 0 Å². The van der Waals surface area contributed by atoms with Crippen LogP contribution in [-0.2, 0) is 26.0 Å². The van der Waals surface area contributed by atoms with E-state index in [9.17, 15) is 9.90 Å². The molecular formula is C33H42ClNO6. The van der Waals surface area contributed by atoms with E-state index in [-0.39, 0.29) is 23.6 Å². The van der Waals surface area contributed by atoms with Crippen LogP contribution in [0.5, 0.6) is 5.75 Å². The van der Waals surface area contributed by atoms with Gasteiger partial charge in [0, 0.05) is 36.6 Å². The maximum atomic E-state index is 12.5. The molecule has 1 saturated carbocycles. The largest absolute Gasteiger partial charge is 0.490 e. The second kappa shape index (κ2) is 12.1. The van der Waals surface area contributed by atoms with Crippen LogP contribution in [-0.4, -0.2) is 69.4 Å². The number of benzene rings is 2. The van der Waals surface area contributed by atoms with Gasteiger partial charge in [-0.1, -0.05) is 17.7 Å². The number of carbonyl (C=O) groups excluding carboxylic acids is 1. The van der Waals surface area contributed by atoms with Gasteiger partial charge in [-0.05, 0) is 98.7 Å². The summed E-state index contributed by atoms with van der Waals surface area (Å²) in [5.74, 6) is 1.39. The lowest BCUT2D eigenvalue weighted by molar-refractivity contribution is -0.124. The summed E-state index contributed by atoms with van der Waals surface area (Å²) < 4.78 is 23.9. The van der Waals surface area contributed by atoms with Gasteiger partial charge in [-0.25, -0.2) is 4.79 Å². The minimum atomic E-state index is -0.457. The number of ether oxygens (including phenoxy) is 4. The third kappa shape index (κ3) is 5.96. The first-order valence-corrected chi connectivity index (χ1v) is 15.5. The maximum absolute atomic E-state index is 12.5. The van der Waals surface area contributed by atoms with E-state index in [0.717, 1.165) is 74.5 Å². The van der Waals surface area contributed by atoms with Crippen LogP contribution >= 0.6 is 11.6 Å². The monoisotopic (exact) mass is 583 g/mol. The Morgan fingerprint density at radius 2 is 2.10 bits per heavy atom. The molecule has 41 heavy (non-hydrogen) atoms. The number of hydrogen-bond donors (Lipinski definition) is 1. The molecule has 6 atom stereocenters. The zero-order chi connectivity index (χ0) is 28.6. The molecule has 2 aliphatic carbocycles. The van der Waals surface area contributed by atoms with E-state index in [2.05, 4.69) is 17.0 Å². The molecule has 6 rings (SSSR count). The fourth-order valence-electron chi connectivity index (χ4n) is 7.47. The lowest BCUT2D eigenvalue weighted by atomic mass is 9.67. The fourth-order valence-corrected chi connectivity index (χ4v) is 7.67. The first-order valence-electron chi connectivity index (χ1n) is 15.2. The van der Waals surface area contributed by atoms with Gasteiger partial charge in [-0.3, -0.25) is 0 Å². The summed E-state index contributed by atoms with van der Waals surface area (Å²) in [6.07, 6.45) is 7.03. The van der Waals surface area contributed by atoms with Gasteiger partial charge >= 0.3 is 5.97 Å². The molecule has 2 aliphatic heterocycles. The number of esters is 1. The lowest BCUT2D eigenvalue weighted by Crippen LogP contribution is -2.51. The summed E-state index contributed by atoms with van der Waals surface area (Å²) in [7, 11) is 1.42. The van der Waals surface area contributed by atoms with E-state index < -0.39 is 6.10 Å². The highest BCUT2D eigenvalue weighted by molar-refractivity contribution is 6.30. The lowest BCUT2D eigenvalue weighted by Gasteiger charge is -2.47. The van der Waals surface area contributed by atoms with Crippen molar-refractivity contribution in [2.75, 3.05) is 44.9 Å². The van der Waals surface area contributed by atoms with Crippen LogP contribution in [0.15, 0.2) is 36.4 Å². The molecule has 1 spiro atoms. The molecule has 0 radical (unpaired) electrons. The highest BCUT2D eigenvalue weighted by atomic mass is 35.5. The molecule has 1 saturated heterocycles. The summed E-state index contributed by atoms with van der Waals surface area (Å²) in [4.78, 5) is 15.0. The van der Waals surface area contributed by atoms with E-state index in [1.54, 1.807) is 13.0 Å². The Bertz CT molecular complexity index is 1250. The number of hydrogen-bond acceptors (Lipinski definition) is 7. The molecule has 2 fully saturated rings. The second-order valence-electron chi connectivity index (χ2n) is 12.5. The molecule has 0 unspecified atom stereocenters. The number of rotatable bonds is 7. The molecule has 2 heterocycles. The summed E-state index contributed by atoms with van der Waals surface area (Å²) >= 11 is 6.41. The number of aliphatic hydroxyl groups excluding tert-OH is 1. The zero-order valence-corrected chi connectivity index (χ0v) is 24.9. The number of methoxy groups -OCH3 is 1. The van der Waals surface area contributed by atoms with Crippen molar-refractivity contribution in [2.24, 2.45) is 11.8 Å². The summed E-state index contributed by atoms with van der Waals surface area (Å²) in [5.41, 5.74) is 3.97. The van der Waals surface area contributed by atoms with Gasteiger partial charge in [0.2, 0.25) is 0 Å². The van der Waals surface area contributed by atoms with E-state index >= 15 is 0 Å². The van der Waals surface area contributed by atoms with Gasteiger partial charge in [0.05, 0.1) is 49.9 Å². The molecule has 1 N–H and O–H groups in total. The van der Waals surface area contributed by atoms with Crippen molar-refractivity contribution in [3.63, 3.8) is 0 Å². The highest BCUT2D eigenvalue weighted by Crippen LogP contribution is 2.47. The van der Waals surface area contributed by atoms with Gasteiger partial charge in [0.25, 0.3) is 0 Å². The van der Waals surface area contributed by atoms with Crippen LogP contribution in [0.2, 0.25) is 5.02 Å². The third-order valence-electron chi connectivity index (χ3n) is 9.71. The number of anilines is 1. The predicted molar refractivity (Wildman–Crippen MR) is 158 cm³/mol. The van der Waals surface area contributed by atoms with Gasteiger partial charge in [0.15, 0.2) is 0 Å². The summed E-state index contributed by atoms with van der Waals surface area (Å²) in [6, 6.07) is 12.0. The topological polar surface area (TPSA) is 77.5 Å². The predicted octanol–water partition coefficient (Wildman–Crippen LogP) is 5.57. The third-order valence-corrected chi connectivity index (χ3v) is 9.94. The van der Waals surface area contributed by atoms with E-state index in [0.29, 0.717) is 37.2 Å². The van der Waals surface area contributed by atoms with E-state index in [4.69, 9.17) is 30.5 Å². The van der Waals surface area contributed by atoms with Crippen LogP contribution in [0.4, 0.5) is 5.69 Å². The van der Waals surface area contributed by atoms with Crippen molar-refractivity contribution in [3.05, 3.63) is 58.1 Å². The molecular weight excluding hydrogens is 542 g/mol. The second-order valence-corrected chi connectivity index (χ2v) is 13.0. The number of nitrogens with zero attached hydrogens (tertiary/aromatic N) is 1. The number of aliphatic hydroxyl groups is 1. The molecule has 4 aliphatic rings. The van der Waals surface area contributed by atoms with Crippen molar-refractivity contribution in [1.82, 2.24) is 0 Å². The Kier molecular flexibility index (Phi) is 8.51. The van der Waals surface area contributed by atoms with E-state index in [1.165, 1.54) is 18.2 Å². The minimum Gasteiger partial charge on any atom is -0.490 e. The number of fused-ring (bicyclic) bond motifs is 3. The molecule has 8 heteroatoms. The Morgan fingerprint density at radius 3 is 2.88 bits per heavy atom. The molecule has 0 aromatic heterocycles. The Balaban J connectivity index is 1.28. The Morgan fingerprint density at radius 1 is 1.22 bits per heavy atom. The van der Waals surface area contributed by atoms with Gasteiger partial charge in [0.1, 0.15) is 5.75 Å². The molecule has 2 aromatic rings. The van der Waals surface area contributed by atoms with Crippen molar-refractivity contribution in [1.29, 1.82) is 0 Å². The van der Waals surface area contributed by atoms with Crippen LogP contribution in [0.1, 0.15) is 66.9 Å². The first kappa shape index (κ1) is 28.8. The van der Waals surface area contributed by atoms with Crippen LogP contribution in [0.3, 0.4) is 0 Å². The van der Waals surface area contributed by atoms with Crippen molar-refractivity contribution < 1.29 is 28.8 Å². The molecule has 0 bridgehead atoms. The smallest absolute Gasteiger partial charge is 0.337 e. The van der Waals surface area contributed by atoms with Crippen LogP contribution in [0, 0.1) is 11.8 Å². The first-order chi connectivity index (χ1) is 19.8. The molecule has 7 nitrogen and oxygen atoms in total. The minimum absolute atomic E-state index is 0.133. The standard InChI is InChI=1S/C33H42ClNO6/c1-21(36)18-40-26-11-13-39-31(16-26)27-8-5-24(27)17-35-19-33(12-3-4-22-14-25(34)7-9-28(22)33)20-41-30-10-6-23(15-29(30)35)32(37)38-2/h6-7,9-10,14-15,21,24,26-27,31,36H,3-5,8,11-13,16-20H2,1-2H3/t21-,24-,26+,27+,31-,33-/m0/s1. The number of carbonyl (C=O) groups is 1. The Labute approximate surface area is 248 Å². The van der Waals surface area contributed by atoms with Crippen LogP contribution < -0.4 is 9.64 Å². The fraction of sp³-hybridized carbons (Fsp3) is 0.606. The van der Waals surface area contributed by atoms with Gasteiger partial charge in [-0.2, -0.15) is 0 Å². The quantitative estimate of drug-likeness (QED) is 0.427. The molecule has 0 amide bonds. The summed E-state index contributed by atoms with van der Waals surface area (Å²) in [5, 5.41) is 10.5. The molecule has 2 aromatic carbocycles. The SMILES string of the molecule is COC(=O)c1ccc2c(c1)N(C[C@@H]1CC[C@H]1[C@@H]1C[C@H](OC[C@H](C)O)CCO1)C[C@@]1(CCCc3cc(Cl)ccc31)CO2. The maximum Gasteiger partial charge on any atom is 0.337 e. The molecule has 222 valence electrons. The van der Waals surface area contributed by atoms with Crippen LogP contribution in [0.25, 0.3) is 0 Å². The average molecular weight is 584 g/mol. The normalized spacial score (nSPS) is 29.9. The van der Waals surface area contributed by atoms with Gasteiger partial charge < -0.3 is 29.0 Å². The van der Waals surface area contributed by atoms with E-state index in [1.807, 2.05) is 18.2 Å². The van der Waals surface area contributed by atoms with Crippen molar-refractivity contribution >= 4 is 23.3 Å². The number of aryl methyl sites for hydroxylation is 1. The zero-order valence-electron chi connectivity index (χ0n) is 24.1. The number of halogens is 1. The highest BCUT2D eigenvalue weighted by Gasteiger charge is 2.45. The van der Waals surface area contributed by atoms with Crippen molar-refractivity contribution in [3.8, 4) is 5.75 Å². The summed E-state index contributed by atoms with van der Waals surface area (Å²) in [6.45, 7) is 5.10. The Hall–Kier alpha value is -2.32.